The lowest BCUT2D eigenvalue weighted by molar-refractivity contribution is -0.166. The van der Waals surface area contributed by atoms with Gasteiger partial charge in [-0.2, -0.15) is 0 Å². The SMILES string of the molecule is O=C(CCc1cc(Cc2ccccc2)c(O)c(Cc2ccccc2)c1)OCC(COC(=O)CCc1cc(Cc2ccccc2)c(O)c(Cc2ccccc2)c1)OC(=O)CCc1cc(Cc2ccccc2)c(O)c(Cc2ccccc2)c1. The smallest absolute Gasteiger partial charge is 0.306 e. The van der Waals surface area contributed by atoms with Gasteiger partial charge in [-0.05, 0) is 103 Å². The van der Waals surface area contributed by atoms with E-state index in [4.69, 9.17) is 14.2 Å². The predicted octanol–water partition coefficient (Wildman–Crippen LogP) is 13.5. The van der Waals surface area contributed by atoms with Crippen LogP contribution in [0.15, 0.2) is 218 Å². The second-order valence-corrected chi connectivity index (χ2v) is 20.7. The second kappa shape index (κ2) is 28.6. The molecule has 0 radical (unpaired) electrons. The van der Waals surface area contributed by atoms with E-state index in [9.17, 15) is 29.7 Å². The van der Waals surface area contributed by atoms with Gasteiger partial charge in [-0.25, -0.2) is 0 Å². The number of esters is 3. The summed E-state index contributed by atoms with van der Waals surface area (Å²) in [5.74, 6) is -0.971. The molecule has 3 N–H and O–H groups in total. The number of phenols is 3. The summed E-state index contributed by atoms with van der Waals surface area (Å²) in [6, 6.07) is 71.0. The largest absolute Gasteiger partial charge is 0.507 e. The van der Waals surface area contributed by atoms with Crippen LogP contribution < -0.4 is 0 Å². The topological polar surface area (TPSA) is 140 Å². The summed E-state index contributed by atoms with van der Waals surface area (Å²) in [6.45, 7) is -0.700. The molecule has 0 aliphatic carbocycles. The Morgan fingerprint density at radius 1 is 0.296 bits per heavy atom. The third-order valence-corrected chi connectivity index (χ3v) is 14.4. The van der Waals surface area contributed by atoms with Crippen LogP contribution in [0.25, 0.3) is 0 Å². The molecule has 0 aliphatic heterocycles. The Kier molecular flexibility index (Phi) is 20.0. The molecule has 0 unspecified atom stereocenters. The van der Waals surface area contributed by atoms with E-state index in [-0.39, 0.29) is 49.7 Å². The molecule has 0 saturated heterocycles. The van der Waals surface area contributed by atoms with E-state index < -0.39 is 24.0 Å². The van der Waals surface area contributed by atoms with Crippen molar-refractivity contribution in [1.82, 2.24) is 0 Å². The van der Waals surface area contributed by atoms with Crippen molar-refractivity contribution in [2.75, 3.05) is 13.2 Å². The minimum Gasteiger partial charge on any atom is -0.507 e. The van der Waals surface area contributed by atoms with E-state index in [1.165, 1.54) is 0 Å². The van der Waals surface area contributed by atoms with E-state index in [0.717, 1.165) is 83.5 Å². The van der Waals surface area contributed by atoms with Crippen molar-refractivity contribution in [2.45, 2.75) is 83.2 Å². The predicted molar refractivity (Wildman–Crippen MR) is 317 cm³/mol. The first-order valence-corrected chi connectivity index (χ1v) is 27.8. The first-order chi connectivity index (χ1) is 39.6. The van der Waals surface area contributed by atoms with Crippen LogP contribution in [0.5, 0.6) is 17.2 Å². The van der Waals surface area contributed by atoms with E-state index in [2.05, 4.69) is 0 Å². The van der Waals surface area contributed by atoms with Crippen LogP contribution in [0.3, 0.4) is 0 Å². The Bertz CT molecular complexity index is 3130. The molecule has 9 aromatic rings. The average Bonchev–Trinajstić information content (AvgIpc) is 3.53. The van der Waals surface area contributed by atoms with E-state index in [1.807, 2.05) is 218 Å². The van der Waals surface area contributed by atoms with E-state index in [0.29, 0.717) is 57.8 Å². The molecule has 410 valence electrons. The van der Waals surface area contributed by atoms with Crippen LogP contribution >= 0.6 is 0 Å². The summed E-state index contributed by atoms with van der Waals surface area (Å²) >= 11 is 0. The van der Waals surface area contributed by atoms with Crippen LogP contribution in [0.2, 0.25) is 0 Å². The van der Waals surface area contributed by atoms with Gasteiger partial charge in [0.05, 0.1) is 0 Å². The lowest BCUT2D eigenvalue weighted by Crippen LogP contribution is -2.31. The van der Waals surface area contributed by atoms with E-state index in [1.54, 1.807) is 0 Å². The number of benzene rings is 9. The monoisotopic (exact) mass is 1080 g/mol. The Balaban J connectivity index is 0.890. The number of rotatable bonds is 26. The number of ether oxygens (including phenoxy) is 3. The summed E-state index contributed by atoms with van der Waals surface area (Å²) < 4.78 is 17.6. The molecule has 9 nitrogen and oxygen atoms in total. The summed E-state index contributed by atoms with van der Waals surface area (Å²) in [4.78, 5) is 41.1. The van der Waals surface area contributed by atoms with Crippen LogP contribution in [0.1, 0.15) is 103 Å². The Labute approximate surface area is 475 Å². The summed E-state index contributed by atoms with van der Waals surface area (Å²) in [7, 11) is 0. The summed E-state index contributed by atoms with van der Waals surface area (Å²) in [5, 5.41) is 34.5. The fraction of sp³-hybridized carbons (Fsp3) is 0.208. The molecule has 0 aromatic heterocycles. The van der Waals surface area contributed by atoms with Crippen molar-refractivity contribution >= 4 is 17.9 Å². The lowest BCUT2D eigenvalue weighted by atomic mass is 9.93. The maximum Gasteiger partial charge on any atom is 0.306 e. The maximum atomic E-state index is 13.9. The van der Waals surface area contributed by atoms with Gasteiger partial charge in [0.2, 0.25) is 0 Å². The molecule has 81 heavy (non-hydrogen) atoms. The fourth-order valence-corrected chi connectivity index (χ4v) is 10.2. The van der Waals surface area contributed by atoms with Gasteiger partial charge in [0.1, 0.15) is 30.5 Å². The highest BCUT2D eigenvalue weighted by Gasteiger charge is 2.22. The van der Waals surface area contributed by atoms with Crippen molar-refractivity contribution in [2.24, 2.45) is 0 Å². The van der Waals surface area contributed by atoms with Gasteiger partial charge in [0.15, 0.2) is 6.10 Å². The molecule has 0 amide bonds. The van der Waals surface area contributed by atoms with Gasteiger partial charge in [0, 0.05) is 57.8 Å². The minimum atomic E-state index is -1.11. The van der Waals surface area contributed by atoms with Gasteiger partial charge < -0.3 is 29.5 Å². The normalized spacial score (nSPS) is 11.1. The van der Waals surface area contributed by atoms with Crippen LogP contribution in [0.4, 0.5) is 0 Å². The number of hydrogen-bond donors (Lipinski definition) is 3. The molecule has 9 aromatic carbocycles. The highest BCUT2D eigenvalue weighted by molar-refractivity contribution is 5.72. The van der Waals surface area contributed by atoms with Crippen LogP contribution in [-0.2, 0) is 86.4 Å². The molecular formula is C72H68O9. The Morgan fingerprint density at radius 3 is 0.728 bits per heavy atom. The zero-order valence-electron chi connectivity index (χ0n) is 45.6. The molecular weight excluding hydrogens is 1010 g/mol. The number of aromatic hydroxyl groups is 3. The molecule has 0 aliphatic rings. The molecule has 0 bridgehead atoms. The molecule has 0 heterocycles. The number of aryl methyl sites for hydroxylation is 3. The van der Waals surface area contributed by atoms with Gasteiger partial charge in [-0.1, -0.05) is 218 Å². The number of carbonyl (C=O) groups is 3. The zero-order valence-corrected chi connectivity index (χ0v) is 45.6. The van der Waals surface area contributed by atoms with Crippen molar-refractivity contribution in [1.29, 1.82) is 0 Å². The van der Waals surface area contributed by atoms with Crippen molar-refractivity contribution < 1.29 is 43.9 Å². The first kappa shape index (κ1) is 56.5. The van der Waals surface area contributed by atoms with Crippen LogP contribution in [0, 0.1) is 0 Å². The molecule has 0 fully saturated rings. The average molecular weight is 1080 g/mol. The van der Waals surface area contributed by atoms with Gasteiger partial charge >= 0.3 is 17.9 Å². The van der Waals surface area contributed by atoms with Gasteiger partial charge in [0.25, 0.3) is 0 Å². The highest BCUT2D eigenvalue weighted by Crippen LogP contribution is 2.33. The highest BCUT2D eigenvalue weighted by atomic mass is 16.6. The second-order valence-electron chi connectivity index (χ2n) is 20.7. The third kappa shape index (κ3) is 17.1. The maximum absolute atomic E-state index is 13.9. The van der Waals surface area contributed by atoms with Crippen molar-refractivity contribution in [3.63, 3.8) is 0 Å². The number of phenolic OH excluding ortho intramolecular Hbond substituents is 3. The summed E-state index contributed by atoms with van der Waals surface area (Å²) in [5.41, 5.74) is 13.3. The zero-order chi connectivity index (χ0) is 56.2. The minimum absolute atomic E-state index is 0.00339. The number of hydrogen-bond acceptors (Lipinski definition) is 9. The Morgan fingerprint density at radius 2 is 0.506 bits per heavy atom. The number of carbonyl (C=O) groups excluding carboxylic acids is 3. The molecule has 0 atom stereocenters. The molecule has 0 saturated carbocycles. The third-order valence-electron chi connectivity index (χ3n) is 14.4. The van der Waals surface area contributed by atoms with Crippen LogP contribution in [-0.4, -0.2) is 52.5 Å². The molecule has 0 spiro atoms. The van der Waals surface area contributed by atoms with Crippen molar-refractivity contribution in [3.8, 4) is 17.2 Å². The molecule has 9 rings (SSSR count). The standard InChI is InChI=1S/C72H68O9/c73-67(34-31-57-43-60(37-51-19-7-1-8-20-51)70(76)61(44-57)38-52-21-9-2-10-22-52)79-49-66(81-69(75)36-33-59-47-64(41-55-27-15-5-16-28-55)72(78)65(48-59)42-56-29-17-6-18-30-56)50-80-68(74)35-32-58-45-62(39-53-23-11-3-12-24-53)71(77)63(46-58)40-54-25-13-4-14-26-54/h1-30,43-48,66,76-78H,31-42,49-50H2. The lowest BCUT2D eigenvalue weighted by Gasteiger charge is -2.19. The quantitative estimate of drug-likeness (QED) is 0.0357. The summed E-state index contributed by atoms with van der Waals surface area (Å²) in [6.07, 6.45) is 2.84. The van der Waals surface area contributed by atoms with E-state index >= 15 is 0 Å². The van der Waals surface area contributed by atoms with Crippen molar-refractivity contribution in [3.05, 3.63) is 302 Å². The van der Waals surface area contributed by atoms with Gasteiger partial charge in [-0.15, -0.1) is 0 Å². The Hall–Kier alpha value is -9.21. The first-order valence-electron chi connectivity index (χ1n) is 27.8. The molecule has 9 heteroatoms. The van der Waals surface area contributed by atoms with Gasteiger partial charge in [-0.3, -0.25) is 14.4 Å². The fourth-order valence-electron chi connectivity index (χ4n) is 10.2.